The Kier molecular flexibility index (Phi) is 9.79. The highest BCUT2D eigenvalue weighted by molar-refractivity contribution is 6.10. The molecule has 0 saturated heterocycles. The van der Waals surface area contributed by atoms with Gasteiger partial charge in [0.25, 0.3) is 0 Å². The maximum Gasteiger partial charge on any atom is 0.123 e. The first-order valence-corrected chi connectivity index (χ1v) is 20.3. The summed E-state index contributed by atoms with van der Waals surface area (Å²) in [5.41, 5.74) is 14.1. The Morgan fingerprint density at radius 3 is 1.39 bits per heavy atom. The van der Waals surface area contributed by atoms with Crippen LogP contribution < -0.4 is 15.1 Å². The lowest BCUT2D eigenvalue weighted by Gasteiger charge is -2.27. The average molecular weight is 795 g/mol. The number of rotatable bonds is 10. The van der Waals surface area contributed by atoms with E-state index in [0.717, 1.165) is 89.7 Å². The third-order valence-corrected chi connectivity index (χ3v) is 11.2. The van der Waals surface area contributed by atoms with Crippen molar-refractivity contribution in [2.24, 2.45) is 0 Å². The number of aromatic nitrogens is 1. The molecule has 0 aliphatic rings. The molecule has 61 heavy (non-hydrogen) atoms. The van der Waals surface area contributed by atoms with Gasteiger partial charge in [0.15, 0.2) is 0 Å². The van der Waals surface area contributed by atoms with Crippen molar-refractivity contribution in [1.29, 1.82) is 0 Å². The van der Waals surface area contributed by atoms with Crippen molar-refractivity contribution in [3.05, 3.63) is 236 Å². The summed E-state index contributed by atoms with van der Waals surface area (Å²) >= 11 is 0. The summed E-state index contributed by atoms with van der Waals surface area (Å²) in [5.74, 6) is -0.565. The topological polar surface area (TPSA) is 23.4 Å². The van der Waals surface area contributed by atoms with Crippen LogP contribution in [0.2, 0.25) is 0 Å². The molecule has 0 spiro atoms. The van der Waals surface area contributed by atoms with Crippen LogP contribution in [0.1, 0.15) is 5.56 Å². The fraction of sp³-hybridized carbons (Fsp3) is 0.0182. The fourth-order valence-electron chi connectivity index (χ4n) is 8.24. The molecule has 0 bridgehead atoms. The SMILES string of the molecule is Cc1cc(N(c2ccc(F)cc2)c2ccc(-c3ccc(N(c4ccc(F)cc4)c4ccc5c(c4)c4ccccc4n5-c4ccccc4)cc3)cc2)ccc1Nc1ccccc1. The number of hydrogen-bond acceptors (Lipinski definition) is 3. The molecule has 1 N–H and O–H groups in total. The highest BCUT2D eigenvalue weighted by Gasteiger charge is 2.19. The maximum atomic E-state index is 14.3. The second kappa shape index (κ2) is 16.0. The van der Waals surface area contributed by atoms with Crippen molar-refractivity contribution in [2.75, 3.05) is 15.1 Å². The molecule has 6 heteroatoms. The second-order valence-electron chi connectivity index (χ2n) is 15.1. The van der Waals surface area contributed by atoms with Gasteiger partial charge in [-0.2, -0.15) is 0 Å². The molecule has 0 unspecified atom stereocenters. The molecule has 9 aromatic carbocycles. The van der Waals surface area contributed by atoms with Crippen LogP contribution >= 0.6 is 0 Å². The minimum Gasteiger partial charge on any atom is -0.355 e. The molecule has 0 aliphatic heterocycles. The van der Waals surface area contributed by atoms with Gasteiger partial charge in [0, 0.05) is 62.0 Å². The quantitative estimate of drug-likeness (QED) is 0.149. The zero-order valence-electron chi connectivity index (χ0n) is 33.4. The third kappa shape index (κ3) is 7.36. The molecule has 0 amide bonds. The van der Waals surface area contributed by atoms with Crippen molar-refractivity contribution in [1.82, 2.24) is 4.57 Å². The molecule has 0 aliphatic carbocycles. The molecular formula is C55H40F2N4. The van der Waals surface area contributed by atoms with Crippen LogP contribution in [0.5, 0.6) is 0 Å². The van der Waals surface area contributed by atoms with Crippen LogP contribution in [0.15, 0.2) is 218 Å². The van der Waals surface area contributed by atoms with Gasteiger partial charge in [-0.05, 0) is 163 Å². The first-order valence-electron chi connectivity index (χ1n) is 20.3. The van der Waals surface area contributed by atoms with Crippen LogP contribution in [0.3, 0.4) is 0 Å². The Balaban J connectivity index is 0.985. The first-order chi connectivity index (χ1) is 30.0. The smallest absolute Gasteiger partial charge is 0.123 e. The summed E-state index contributed by atoms with van der Waals surface area (Å²) in [7, 11) is 0. The number of aryl methyl sites for hydroxylation is 1. The van der Waals surface area contributed by atoms with E-state index >= 15 is 0 Å². The monoisotopic (exact) mass is 794 g/mol. The van der Waals surface area contributed by atoms with Crippen LogP contribution in [0.25, 0.3) is 38.6 Å². The lowest BCUT2D eigenvalue weighted by molar-refractivity contribution is 0.627. The molecule has 294 valence electrons. The normalized spacial score (nSPS) is 11.2. The third-order valence-electron chi connectivity index (χ3n) is 11.2. The molecule has 0 fully saturated rings. The zero-order chi connectivity index (χ0) is 41.3. The molecular weight excluding hydrogens is 755 g/mol. The number of fused-ring (bicyclic) bond motifs is 3. The Morgan fingerprint density at radius 2 is 0.836 bits per heavy atom. The van der Waals surface area contributed by atoms with E-state index in [-0.39, 0.29) is 11.6 Å². The van der Waals surface area contributed by atoms with Crippen molar-refractivity contribution in [2.45, 2.75) is 6.92 Å². The van der Waals surface area contributed by atoms with Gasteiger partial charge < -0.3 is 19.7 Å². The highest BCUT2D eigenvalue weighted by atomic mass is 19.1. The summed E-state index contributed by atoms with van der Waals surface area (Å²) < 4.78 is 30.7. The molecule has 10 aromatic rings. The Bertz CT molecular complexity index is 3110. The number of nitrogens with zero attached hydrogens (tertiary/aromatic N) is 3. The molecule has 1 heterocycles. The van der Waals surface area contributed by atoms with Crippen LogP contribution in [0.4, 0.5) is 54.3 Å². The number of halogens is 2. The van der Waals surface area contributed by atoms with E-state index < -0.39 is 0 Å². The zero-order valence-corrected chi connectivity index (χ0v) is 33.4. The van der Waals surface area contributed by atoms with E-state index in [4.69, 9.17) is 0 Å². The van der Waals surface area contributed by atoms with E-state index in [1.807, 2.05) is 48.5 Å². The van der Waals surface area contributed by atoms with Gasteiger partial charge in [0.2, 0.25) is 0 Å². The van der Waals surface area contributed by atoms with Crippen LogP contribution in [0, 0.1) is 18.6 Å². The van der Waals surface area contributed by atoms with Crippen LogP contribution in [-0.2, 0) is 0 Å². The van der Waals surface area contributed by atoms with E-state index in [1.165, 1.54) is 24.3 Å². The Labute approximate surface area is 353 Å². The van der Waals surface area contributed by atoms with Crippen molar-refractivity contribution >= 4 is 67.3 Å². The summed E-state index contributed by atoms with van der Waals surface area (Å²) in [4.78, 5) is 4.31. The second-order valence-corrected chi connectivity index (χ2v) is 15.1. The van der Waals surface area contributed by atoms with E-state index in [0.29, 0.717) is 0 Å². The lowest BCUT2D eigenvalue weighted by atomic mass is 10.0. The summed E-state index contributed by atoms with van der Waals surface area (Å²) in [6.07, 6.45) is 0. The predicted molar refractivity (Wildman–Crippen MR) is 250 cm³/mol. The van der Waals surface area contributed by atoms with Gasteiger partial charge >= 0.3 is 0 Å². The summed E-state index contributed by atoms with van der Waals surface area (Å²) in [6, 6.07) is 72.0. The number of nitrogens with one attached hydrogen (secondary N) is 1. The Hall–Kier alpha value is -7.96. The highest BCUT2D eigenvalue weighted by Crippen LogP contribution is 2.41. The average Bonchev–Trinajstić information content (AvgIpc) is 3.64. The minimum absolute atomic E-state index is 0.282. The number of benzene rings is 9. The Morgan fingerprint density at radius 1 is 0.393 bits per heavy atom. The minimum atomic E-state index is -0.283. The summed E-state index contributed by atoms with van der Waals surface area (Å²) in [6.45, 7) is 2.09. The van der Waals surface area contributed by atoms with Crippen molar-refractivity contribution < 1.29 is 8.78 Å². The molecule has 0 atom stereocenters. The lowest BCUT2D eigenvalue weighted by Crippen LogP contribution is -2.10. The standard InChI is InChI=1S/C55H40F2N4/c1-38-36-49(32-34-53(38)58-43-10-4-2-5-11-43)59(47-28-20-41(56)21-29-47)45-24-16-39(17-25-45)40-18-26-46(27-19-40)60(48-30-22-42(57)23-31-48)50-33-35-55-52(37-50)51-14-8-9-15-54(51)61(55)44-12-6-3-7-13-44/h2-37,58H,1H3. The number of para-hydroxylation sites is 3. The number of anilines is 8. The van der Waals surface area contributed by atoms with Crippen molar-refractivity contribution in [3.8, 4) is 16.8 Å². The molecule has 4 nitrogen and oxygen atoms in total. The predicted octanol–water partition coefficient (Wildman–Crippen LogP) is 15.7. The van der Waals surface area contributed by atoms with Gasteiger partial charge in [-0.15, -0.1) is 0 Å². The summed E-state index contributed by atoms with van der Waals surface area (Å²) in [5, 5.41) is 5.80. The van der Waals surface area contributed by atoms with E-state index in [9.17, 15) is 8.78 Å². The molecule has 0 saturated carbocycles. The van der Waals surface area contributed by atoms with Gasteiger partial charge in [-0.1, -0.05) is 78.9 Å². The van der Waals surface area contributed by atoms with E-state index in [1.54, 1.807) is 12.1 Å². The van der Waals surface area contributed by atoms with Crippen molar-refractivity contribution in [3.63, 3.8) is 0 Å². The number of hydrogen-bond donors (Lipinski definition) is 1. The van der Waals surface area contributed by atoms with Gasteiger partial charge in [0.1, 0.15) is 11.6 Å². The van der Waals surface area contributed by atoms with E-state index in [2.05, 4.69) is 160 Å². The van der Waals surface area contributed by atoms with Crippen LogP contribution in [-0.4, -0.2) is 4.57 Å². The fourth-order valence-corrected chi connectivity index (χ4v) is 8.24. The molecule has 0 radical (unpaired) electrons. The largest absolute Gasteiger partial charge is 0.355 e. The first kappa shape index (κ1) is 37.3. The molecule has 10 rings (SSSR count). The maximum absolute atomic E-state index is 14.3. The van der Waals surface area contributed by atoms with Gasteiger partial charge in [-0.25, -0.2) is 8.78 Å². The van der Waals surface area contributed by atoms with Gasteiger partial charge in [0.05, 0.1) is 11.0 Å². The molecule has 1 aromatic heterocycles. The van der Waals surface area contributed by atoms with Gasteiger partial charge in [-0.3, -0.25) is 0 Å².